The Balaban J connectivity index is 0.000000303. The second-order valence-electron chi connectivity index (χ2n) is 6.20. The van der Waals surface area contributed by atoms with Crippen molar-refractivity contribution in [3.05, 3.63) is 56.6 Å². The quantitative estimate of drug-likeness (QED) is 0.186. The van der Waals surface area contributed by atoms with Crippen LogP contribution in [-0.4, -0.2) is 45.4 Å². The van der Waals surface area contributed by atoms with Crippen molar-refractivity contribution in [1.82, 2.24) is 0 Å². The Bertz CT molecular complexity index is 793. The summed E-state index contributed by atoms with van der Waals surface area (Å²) in [5.74, 6) is 0. The summed E-state index contributed by atoms with van der Waals surface area (Å²) < 4.78 is 9.82. The second kappa shape index (κ2) is 14.7. The van der Waals surface area contributed by atoms with Crippen LogP contribution < -0.4 is 16.4 Å². The molecule has 10 heteroatoms. The van der Waals surface area contributed by atoms with E-state index in [1.165, 1.54) is 12.1 Å². The SMILES string of the molecule is COCCCNc1cc(Cl)ccc1N.COCCCNc1cc(Cl)ccc1[N+](=O)[O-]. The van der Waals surface area contributed by atoms with E-state index in [1.54, 1.807) is 32.4 Å². The highest BCUT2D eigenvalue weighted by molar-refractivity contribution is 6.31. The molecule has 0 fully saturated rings. The number of anilines is 3. The highest BCUT2D eigenvalue weighted by Crippen LogP contribution is 2.27. The highest BCUT2D eigenvalue weighted by atomic mass is 35.5. The van der Waals surface area contributed by atoms with Crippen molar-refractivity contribution < 1.29 is 14.4 Å². The monoisotopic (exact) mass is 458 g/mol. The minimum Gasteiger partial charge on any atom is -0.397 e. The molecular formula is C20H28Cl2N4O4. The summed E-state index contributed by atoms with van der Waals surface area (Å²) in [6.45, 7) is 2.79. The van der Waals surface area contributed by atoms with Crippen molar-refractivity contribution in [3.8, 4) is 0 Å². The molecule has 0 bridgehead atoms. The normalized spacial score (nSPS) is 10.1. The number of nitrogen functional groups attached to an aromatic ring is 1. The Hall–Kier alpha value is -2.26. The van der Waals surface area contributed by atoms with Gasteiger partial charge in [-0.05, 0) is 43.2 Å². The molecule has 2 aromatic carbocycles. The van der Waals surface area contributed by atoms with Crippen LogP contribution in [0.2, 0.25) is 10.0 Å². The summed E-state index contributed by atoms with van der Waals surface area (Å²) in [4.78, 5) is 10.3. The zero-order chi connectivity index (χ0) is 22.4. The van der Waals surface area contributed by atoms with E-state index < -0.39 is 4.92 Å². The van der Waals surface area contributed by atoms with Crippen LogP contribution in [0.3, 0.4) is 0 Å². The number of nitrogens with one attached hydrogen (secondary N) is 2. The maximum absolute atomic E-state index is 10.7. The minimum absolute atomic E-state index is 0.0295. The lowest BCUT2D eigenvalue weighted by Gasteiger charge is -2.09. The van der Waals surface area contributed by atoms with Gasteiger partial charge in [0, 0.05) is 56.6 Å². The number of methoxy groups -OCH3 is 2. The molecule has 0 atom stereocenters. The third kappa shape index (κ3) is 9.98. The molecule has 0 heterocycles. The van der Waals surface area contributed by atoms with Gasteiger partial charge >= 0.3 is 0 Å². The summed E-state index contributed by atoms with van der Waals surface area (Å²) in [6, 6.07) is 9.83. The van der Waals surface area contributed by atoms with E-state index in [4.69, 9.17) is 38.4 Å². The van der Waals surface area contributed by atoms with E-state index >= 15 is 0 Å². The van der Waals surface area contributed by atoms with Gasteiger partial charge in [0.25, 0.3) is 5.69 Å². The molecule has 0 saturated carbocycles. The van der Waals surface area contributed by atoms with Gasteiger partial charge in [0.15, 0.2) is 0 Å². The first-order valence-electron chi connectivity index (χ1n) is 9.33. The zero-order valence-corrected chi connectivity index (χ0v) is 18.6. The zero-order valence-electron chi connectivity index (χ0n) is 17.1. The number of nitro groups is 1. The van der Waals surface area contributed by atoms with Crippen molar-refractivity contribution in [2.45, 2.75) is 12.8 Å². The largest absolute Gasteiger partial charge is 0.397 e. The van der Waals surface area contributed by atoms with Crippen molar-refractivity contribution in [2.24, 2.45) is 0 Å². The number of nitro benzene ring substituents is 1. The fourth-order valence-electron chi connectivity index (χ4n) is 2.37. The average Bonchev–Trinajstić information content (AvgIpc) is 2.71. The lowest BCUT2D eigenvalue weighted by molar-refractivity contribution is -0.384. The molecule has 8 nitrogen and oxygen atoms in total. The average molecular weight is 459 g/mol. The Kier molecular flexibility index (Phi) is 12.6. The van der Waals surface area contributed by atoms with Crippen molar-refractivity contribution in [3.63, 3.8) is 0 Å². The fraction of sp³-hybridized carbons (Fsp3) is 0.400. The van der Waals surface area contributed by atoms with Crippen molar-refractivity contribution in [2.75, 3.05) is 56.9 Å². The van der Waals surface area contributed by atoms with E-state index in [0.29, 0.717) is 34.6 Å². The molecule has 2 aromatic rings. The molecule has 0 radical (unpaired) electrons. The Morgan fingerprint density at radius 1 is 0.933 bits per heavy atom. The van der Waals surface area contributed by atoms with Gasteiger partial charge in [-0.25, -0.2) is 0 Å². The summed E-state index contributed by atoms with van der Waals surface area (Å²) in [5, 5.41) is 18.0. The van der Waals surface area contributed by atoms with Gasteiger partial charge in [-0.2, -0.15) is 0 Å². The Morgan fingerprint density at radius 3 is 1.97 bits per heavy atom. The number of benzene rings is 2. The Labute approximate surface area is 186 Å². The van der Waals surface area contributed by atoms with Crippen LogP contribution in [0.15, 0.2) is 36.4 Å². The van der Waals surface area contributed by atoms with Crippen LogP contribution in [0.5, 0.6) is 0 Å². The summed E-state index contributed by atoms with van der Waals surface area (Å²) >= 11 is 11.6. The molecule has 0 aromatic heterocycles. The van der Waals surface area contributed by atoms with Gasteiger partial charge < -0.3 is 25.8 Å². The lowest BCUT2D eigenvalue weighted by atomic mass is 10.2. The first-order chi connectivity index (χ1) is 14.4. The first kappa shape index (κ1) is 25.8. The predicted molar refractivity (Wildman–Crippen MR) is 124 cm³/mol. The number of hydrogen-bond donors (Lipinski definition) is 3. The molecule has 0 unspecified atom stereocenters. The molecule has 0 aliphatic rings. The van der Waals surface area contributed by atoms with E-state index in [1.807, 2.05) is 6.07 Å². The molecule has 4 N–H and O–H groups in total. The fourth-order valence-corrected chi connectivity index (χ4v) is 2.71. The van der Waals surface area contributed by atoms with E-state index in [9.17, 15) is 10.1 Å². The lowest BCUT2D eigenvalue weighted by Crippen LogP contribution is -2.06. The van der Waals surface area contributed by atoms with E-state index in [0.717, 1.165) is 31.7 Å². The molecule has 0 aliphatic heterocycles. The molecule has 0 amide bonds. The minimum atomic E-state index is -0.436. The van der Waals surface area contributed by atoms with Gasteiger partial charge in [-0.1, -0.05) is 23.2 Å². The number of hydrogen-bond acceptors (Lipinski definition) is 7. The molecule has 0 aliphatic carbocycles. The van der Waals surface area contributed by atoms with E-state index in [2.05, 4.69) is 10.6 Å². The number of rotatable bonds is 11. The van der Waals surface area contributed by atoms with Crippen LogP contribution in [0, 0.1) is 10.1 Å². The highest BCUT2D eigenvalue weighted by Gasteiger charge is 2.12. The molecule has 30 heavy (non-hydrogen) atoms. The maximum atomic E-state index is 10.7. The van der Waals surface area contributed by atoms with Crippen LogP contribution in [0.25, 0.3) is 0 Å². The molecule has 0 spiro atoms. The van der Waals surface area contributed by atoms with Crippen molar-refractivity contribution >= 4 is 46.0 Å². The number of nitrogens with zero attached hydrogens (tertiary/aromatic N) is 1. The number of ether oxygens (including phenoxy) is 2. The van der Waals surface area contributed by atoms with Crippen LogP contribution in [-0.2, 0) is 9.47 Å². The predicted octanol–water partition coefficient (Wildman–Crippen LogP) is 5.07. The number of nitrogens with two attached hydrogens (primary N) is 1. The van der Waals surface area contributed by atoms with Crippen LogP contribution in [0.1, 0.15) is 12.8 Å². The van der Waals surface area contributed by atoms with Crippen molar-refractivity contribution in [1.29, 1.82) is 0 Å². The van der Waals surface area contributed by atoms with Gasteiger partial charge in [0.1, 0.15) is 5.69 Å². The smallest absolute Gasteiger partial charge is 0.292 e. The maximum Gasteiger partial charge on any atom is 0.292 e. The summed E-state index contributed by atoms with van der Waals surface area (Å²) in [7, 11) is 3.30. The standard InChI is InChI=1S/C10H13ClN2O3.C10H15ClN2O/c1-16-6-2-5-12-9-7-8(11)3-4-10(9)13(14)15;1-14-6-2-5-13-10-7-8(11)3-4-9(10)12/h3-4,7,12H,2,5-6H2,1H3;3-4,7,13H,2,5-6,12H2,1H3. The van der Waals surface area contributed by atoms with Gasteiger partial charge in [0.05, 0.1) is 16.3 Å². The molecule has 0 saturated heterocycles. The molecule has 166 valence electrons. The summed E-state index contributed by atoms with van der Waals surface area (Å²) in [6.07, 6.45) is 1.72. The third-order valence-corrected chi connectivity index (χ3v) is 4.32. The summed E-state index contributed by atoms with van der Waals surface area (Å²) in [5.41, 5.74) is 7.82. The molecular weight excluding hydrogens is 431 g/mol. The van der Waals surface area contributed by atoms with Gasteiger partial charge in [-0.3, -0.25) is 10.1 Å². The molecule has 2 rings (SSSR count). The van der Waals surface area contributed by atoms with Crippen LogP contribution >= 0.6 is 23.2 Å². The van der Waals surface area contributed by atoms with Crippen LogP contribution in [0.4, 0.5) is 22.7 Å². The third-order valence-electron chi connectivity index (χ3n) is 3.85. The van der Waals surface area contributed by atoms with Gasteiger partial charge in [-0.15, -0.1) is 0 Å². The topological polar surface area (TPSA) is 112 Å². The Morgan fingerprint density at radius 2 is 1.43 bits per heavy atom. The second-order valence-corrected chi connectivity index (χ2v) is 7.07. The van der Waals surface area contributed by atoms with E-state index in [-0.39, 0.29) is 5.69 Å². The van der Waals surface area contributed by atoms with Gasteiger partial charge in [0.2, 0.25) is 0 Å². The number of halogens is 2. The first-order valence-corrected chi connectivity index (χ1v) is 10.1.